The number of fused-ring (bicyclic) bond motifs is 1. The molecule has 1 aromatic carbocycles. The van der Waals surface area contributed by atoms with Crippen LogP contribution in [0.25, 0.3) is 10.9 Å². The Kier molecular flexibility index (Phi) is 15.3. The van der Waals surface area contributed by atoms with Crippen molar-refractivity contribution in [3.05, 3.63) is 60.0 Å². The fourth-order valence-corrected chi connectivity index (χ4v) is 9.04. The summed E-state index contributed by atoms with van der Waals surface area (Å²) >= 11 is 0. The van der Waals surface area contributed by atoms with Gasteiger partial charge in [0.1, 0.15) is 23.9 Å². The highest BCUT2D eigenvalue weighted by atomic mass is 16.5. The number of nitrogens with zero attached hydrogens (tertiary/aromatic N) is 2. The lowest BCUT2D eigenvalue weighted by Crippen LogP contribution is -2.58. The van der Waals surface area contributed by atoms with E-state index in [1.165, 1.54) is 30.6 Å². The van der Waals surface area contributed by atoms with Gasteiger partial charge in [-0.2, -0.15) is 0 Å². The Bertz CT molecular complexity index is 1730. The van der Waals surface area contributed by atoms with Crippen molar-refractivity contribution in [1.82, 2.24) is 30.7 Å². The Balaban J connectivity index is 1.28. The van der Waals surface area contributed by atoms with E-state index in [-0.39, 0.29) is 29.6 Å². The molecule has 2 aromatic rings. The zero-order chi connectivity index (χ0) is 40.4. The lowest BCUT2D eigenvalue weighted by molar-refractivity contribution is -0.139. The third kappa shape index (κ3) is 11.1. The van der Waals surface area contributed by atoms with E-state index < -0.39 is 42.0 Å². The molecule has 2 saturated carbocycles. The smallest absolute Gasteiger partial charge is 0.257 e. The number of benzene rings is 1. The summed E-state index contributed by atoms with van der Waals surface area (Å²) in [5, 5.41) is 10.2. The molecule has 2 aliphatic carbocycles. The monoisotopic (exact) mass is 772 g/mol. The van der Waals surface area contributed by atoms with Gasteiger partial charge in [-0.3, -0.25) is 33.8 Å². The van der Waals surface area contributed by atoms with Gasteiger partial charge >= 0.3 is 0 Å². The van der Waals surface area contributed by atoms with Gasteiger partial charge in [0.05, 0.1) is 13.2 Å². The number of hydrogen-bond donors (Lipinski definition) is 4. The fraction of sp³-hybridized carbons (Fsp3) is 0.614. The molecule has 12 heteroatoms. The van der Waals surface area contributed by atoms with Crippen LogP contribution in [0.5, 0.6) is 0 Å². The maximum Gasteiger partial charge on any atom is 0.257 e. The minimum Gasteiger partial charge on any atom is -0.499 e. The van der Waals surface area contributed by atoms with Gasteiger partial charge in [-0.25, -0.2) is 0 Å². The average molecular weight is 773 g/mol. The van der Waals surface area contributed by atoms with Crippen LogP contribution >= 0.6 is 0 Å². The largest absolute Gasteiger partial charge is 0.499 e. The molecule has 56 heavy (non-hydrogen) atoms. The van der Waals surface area contributed by atoms with Gasteiger partial charge in [0.2, 0.25) is 17.7 Å². The SMILES string of the molecule is COC1=CC(=O)N(C(=O)/C=C/[C@H](C)NC(=O)[C@H](CC2CCCCC2)NC(=O)[C@H](CC2CCCCC2)NC(=O)[C@H](C(C)C)N(C)C)[C@H]1Cc1c[nH]c2ccccc12. The third-order valence-corrected chi connectivity index (χ3v) is 11.9. The maximum atomic E-state index is 14.2. The Morgan fingerprint density at radius 2 is 1.43 bits per heavy atom. The Labute approximate surface area is 332 Å². The van der Waals surface area contributed by atoms with Gasteiger partial charge in [-0.15, -0.1) is 0 Å². The van der Waals surface area contributed by atoms with E-state index in [9.17, 15) is 24.0 Å². The van der Waals surface area contributed by atoms with Crippen LogP contribution in [0.1, 0.15) is 103 Å². The molecule has 0 unspecified atom stereocenters. The second kappa shape index (κ2) is 20.1. The molecule has 5 atom stereocenters. The molecular formula is C44H64N6O6. The van der Waals surface area contributed by atoms with E-state index in [2.05, 4.69) is 20.9 Å². The summed E-state index contributed by atoms with van der Waals surface area (Å²) in [6, 6.07) is 4.68. The molecule has 0 radical (unpaired) electrons. The van der Waals surface area contributed by atoms with E-state index >= 15 is 0 Å². The summed E-state index contributed by atoms with van der Waals surface area (Å²) in [5.41, 5.74) is 1.92. The number of para-hydroxylation sites is 1. The molecule has 5 rings (SSSR count). The van der Waals surface area contributed by atoms with Gasteiger partial charge in [0.25, 0.3) is 11.8 Å². The standard InChI is InChI=1S/C44H64N6O6/c1-28(2)41(49(4)5)44(55)48-36(24-31-17-11-8-12-18-31)43(54)47-35(23-30-15-9-7-10-16-30)42(53)46-29(3)21-22-39(51)50-37(38(56-6)26-40(50)52)25-32-27-45-34-20-14-13-19-33(32)34/h13-14,19-22,26-31,35-37,41,45H,7-12,15-18,23-25H2,1-6H3,(H,46,53)(H,47,54)(H,48,55)/b22-21+/t29-,35-,36-,37-,41-/m0/s1. The highest BCUT2D eigenvalue weighted by Gasteiger charge is 2.38. The second-order valence-corrected chi connectivity index (χ2v) is 16.8. The number of carbonyl (C=O) groups excluding carboxylic acids is 5. The van der Waals surface area contributed by atoms with E-state index in [4.69, 9.17) is 4.74 Å². The number of amides is 5. The number of hydrogen-bond acceptors (Lipinski definition) is 7. The van der Waals surface area contributed by atoms with Crippen molar-refractivity contribution in [2.45, 2.75) is 134 Å². The summed E-state index contributed by atoms with van der Waals surface area (Å²) in [6.45, 7) is 5.75. The lowest BCUT2D eigenvalue weighted by atomic mass is 9.83. The summed E-state index contributed by atoms with van der Waals surface area (Å²) < 4.78 is 5.54. The molecule has 1 aromatic heterocycles. The molecule has 306 valence electrons. The Morgan fingerprint density at radius 1 is 0.857 bits per heavy atom. The van der Waals surface area contributed by atoms with E-state index in [1.807, 2.05) is 63.3 Å². The first-order chi connectivity index (χ1) is 26.9. The number of H-pyrrole nitrogens is 1. The number of rotatable bonds is 17. The summed E-state index contributed by atoms with van der Waals surface area (Å²) in [4.78, 5) is 74.9. The number of imide groups is 1. The van der Waals surface area contributed by atoms with Crippen molar-refractivity contribution in [2.24, 2.45) is 17.8 Å². The Hall–Kier alpha value is -4.45. The van der Waals surface area contributed by atoms with Crippen molar-refractivity contribution in [2.75, 3.05) is 21.2 Å². The number of aromatic amines is 1. The first-order valence-electron chi connectivity index (χ1n) is 20.8. The van der Waals surface area contributed by atoms with Crippen LogP contribution in [0.3, 0.4) is 0 Å². The summed E-state index contributed by atoms with van der Waals surface area (Å²) in [5.74, 6) is -0.794. The minimum absolute atomic E-state index is 0.0434. The number of methoxy groups -OCH3 is 1. The normalized spacial score (nSPS) is 20.6. The van der Waals surface area contributed by atoms with E-state index in [0.29, 0.717) is 30.9 Å². The van der Waals surface area contributed by atoms with Crippen LogP contribution in [0.15, 0.2) is 54.4 Å². The van der Waals surface area contributed by atoms with Crippen molar-refractivity contribution in [3.8, 4) is 0 Å². The molecule has 0 spiro atoms. The minimum atomic E-state index is -0.813. The zero-order valence-electron chi connectivity index (χ0n) is 34.3. The van der Waals surface area contributed by atoms with Gasteiger partial charge in [-0.1, -0.05) is 102 Å². The van der Waals surface area contributed by atoms with Crippen LogP contribution < -0.4 is 16.0 Å². The first kappa shape index (κ1) is 42.7. The zero-order valence-corrected chi connectivity index (χ0v) is 34.3. The van der Waals surface area contributed by atoms with Crippen LogP contribution in [0, 0.1) is 17.8 Å². The topological polar surface area (TPSA) is 153 Å². The number of nitrogens with one attached hydrogen (secondary N) is 4. The van der Waals surface area contributed by atoms with Crippen molar-refractivity contribution in [1.29, 1.82) is 0 Å². The van der Waals surface area contributed by atoms with Gasteiger partial charge in [0, 0.05) is 41.7 Å². The predicted molar refractivity (Wildman–Crippen MR) is 218 cm³/mol. The Morgan fingerprint density at radius 3 is 2.00 bits per heavy atom. The second-order valence-electron chi connectivity index (χ2n) is 16.8. The van der Waals surface area contributed by atoms with Crippen LogP contribution in [0.4, 0.5) is 0 Å². The van der Waals surface area contributed by atoms with Crippen molar-refractivity contribution < 1.29 is 28.7 Å². The van der Waals surface area contributed by atoms with Crippen LogP contribution in [-0.2, 0) is 35.1 Å². The molecule has 12 nitrogen and oxygen atoms in total. The molecule has 4 N–H and O–H groups in total. The summed E-state index contributed by atoms with van der Waals surface area (Å²) in [7, 11) is 5.23. The van der Waals surface area contributed by atoms with Crippen molar-refractivity contribution >= 4 is 40.4 Å². The number of aromatic nitrogens is 1. The number of likely N-dealkylation sites (N-methyl/N-ethyl adjacent to an activating group) is 1. The molecule has 0 bridgehead atoms. The fourth-order valence-electron chi connectivity index (χ4n) is 9.04. The van der Waals surface area contributed by atoms with Crippen LogP contribution in [-0.4, -0.2) is 95.7 Å². The van der Waals surface area contributed by atoms with Gasteiger partial charge in [-0.05, 0) is 63.2 Å². The average Bonchev–Trinajstić information content (AvgIpc) is 3.73. The highest BCUT2D eigenvalue weighted by Crippen LogP contribution is 2.30. The lowest BCUT2D eigenvalue weighted by Gasteiger charge is -2.32. The molecule has 5 amide bonds. The number of ether oxygens (including phenoxy) is 1. The predicted octanol–water partition coefficient (Wildman–Crippen LogP) is 5.54. The maximum absolute atomic E-state index is 14.2. The molecule has 2 fully saturated rings. The van der Waals surface area contributed by atoms with Crippen molar-refractivity contribution in [3.63, 3.8) is 0 Å². The number of carbonyl (C=O) groups is 5. The van der Waals surface area contributed by atoms with Gasteiger partial charge in [0.15, 0.2) is 0 Å². The quantitative estimate of drug-likeness (QED) is 0.154. The summed E-state index contributed by atoms with van der Waals surface area (Å²) in [6.07, 6.45) is 18.3. The molecule has 0 saturated heterocycles. The molecule has 2 heterocycles. The van der Waals surface area contributed by atoms with E-state index in [1.54, 1.807) is 13.0 Å². The third-order valence-electron chi connectivity index (χ3n) is 11.9. The molecular weight excluding hydrogens is 709 g/mol. The first-order valence-corrected chi connectivity index (χ1v) is 20.8. The highest BCUT2D eigenvalue weighted by molar-refractivity contribution is 6.08. The van der Waals surface area contributed by atoms with Gasteiger partial charge < -0.3 is 25.7 Å². The van der Waals surface area contributed by atoms with E-state index in [0.717, 1.165) is 74.3 Å². The molecule has 1 aliphatic heterocycles. The van der Waals surface area contributed by atoms with Crippen LogP contribution in [0.2, 0.25) is 0 Å². The molecule has 3 aliphatic rings.